The van der Waals surface area contributed by atoms with Gasteiger partial charge in [-0.05, 0) is 12.8 Å². The molecule has 0 saturated heterocycles. The zero-order chi connectivity index (χ0) is 47.8. The smallest absolute Gasteiger partial charge is 0.462 e. The summed E-state index contributed by atoms with van der Waals surface area (Å²) in [5.41, 5.74) is 0. The molecule has 2 atom stereocenters. The fourth-order valence-corrected chi connectivity index (χ4v) is 9.23. The number of unbranched alkanes of at least 4 members (excludes halogenated alkanes) is 39. The number of carbonyl (C=O) groups is 2. The highest BCUT2D eigenvalue weighted by atomic mass is 31.2. The largest absolute Gasteiger partial charge is 0.472 e. The van der Waals surface area contributed by atoms with Gasteiger partial charge in [0.25, 0.3) is 0 Å². The van der Waals surface area contributed by atoms with Crippen LogP contribution in [0.15, 0.2) is 0 Å². The maximum atomic E-state index is 12.8. The van der Waals surface area contributed by atoms with Crippen LogP contribution < -0.4 is 0 Å². The molecule has 0 saturated carbocycles. The quantitative estimate of drug-likeness (QED) is 0.0278. The van der Waals surface area contributed by atoms with Crippen LogP contribution in [0.1, 0.15) is 290 Å². The van der Waals surface area contributed by atoms with Crippen LogP contribution in [0, 0.1) is 0 Å². The summed E-state index contributed by atoms with van der Waals surface area (Å²) >= 11 is 0. The molecule has 10 heteroatoms. The van der Waals surface area contributed by atoms with E-state index in [0.717, 1.165) is 38.5 Å². The number of esters is 2. The number of hydrogen-bond donors (Lipinski definition) is 1. The van der Waals surface area contributed by atoms with Crippen LogP contribution in [0.5, 0.6) is 0 Å². The fourth-order valence-electron chi connectivity index (χ4n) is 8.49. The minimum atomic E-state index is -4.37. The number of hydrogen-bond acceptors (Lipinski definition) is 7. The van der Waals surface area contributed by atoms with Crippen molar-refractivity contribution in [2.75, 3.05) is 47.5 Å². The number of rotatable bonds is 53. The second kappa shape index (κ2) is 48.1. The molecule has 0 fully saturated rings. The molecular formula is C55H111NO8P+. The lowest BCUT2D eigenvalue weighted by atomic mass is 10.0. The maximum Gasteiger partial charge on any atom is 0.472 e. The molecule has 1 N–H and O–H groups in total. The van der Waals surface area contributed by atoms with Gasteiger partial charge in [0.15, 0.2) is 6.10 Å². The van der Waals surface area contributed by atoms with Gasteiger partial charge < -0.3 is 18.9 Å². The van der Waals surface area contributed by atoms with Gasteiger partial charge in [-0.3, -0.25) is 18.6 Å². The first-order chi connectivity index (χ1) is 31.5. The molecule has 0 rings (SSSR count). The monoisotopic (exact) mass is 945 g/mol. The highest BCUT2D eigenvalue weighted by Gasteiger charge is 2.27. The lowest BCUT2D eigenvalue weighted by Gasteiger charge is -2.24. The molecule has 9 nitrogen and oxygen atoms in total. The number of quaternary nitrogens is 1. The molecule has 0 aliphatic rings. The second-order valence-corrected chi connectivity index (χ2v) is 22.1. The van der Waals surface area contributed by atoms with Crippen molar-refractivity contribution in [1.82, 2.24) is 0 Å². The van der Waals surface area contributed by atoms with Gasteiger partial charge in [-0.15, -0.1) is 0 Å². The SMILES string of the molecule is CCCCCCCCCCCCCCCCCCCCCCCCCCCCCCC(=O)OC(COC(=O)CCCCCCCCCCCCCCC)COP(=O)(O)OCC[N+](C)(C)C. The van der Waals surface area contributed by atoms with Gasteiger partial charge in [0.2, 0.25) is 0 Å². The minimum Gasteiger partial charge on any atom is -0.462 e. The number of nitrogens with zero attached hydrogens (tertiary/aromatic N) is 1. The van der Waals surface area contributed by atoms with E-state index in [2.05, 4.69) is 13.8 Å². The van der Waals surface area contributed by atoms with E-state index in [1.807, 2.05) is 21.1 Å². The summed E-state index contributed by atoms with van der Waals surface area (Å²) in [6.07, 6.45) is 53.2. The minimum absolute atomic E-state index is 0.0372. The lowest BCUT2D eigenvalue weighted by Crippen LogP contribution is -2.37. The Kier molecular flexibility index (Phi) is 47.3. The van der Waals surface area contributed by atoms with Gasteiger partial charge in [0, 0.05) is 12.8 Å². The van der Waals surface area contributed by atoms with Crippen molar-refractivity contribution in [1.29, 1.82) is 0 Å². The number of phosphoric ester groups is 1. The molecule has 388 valence electrons. The number of ether oxygens (including phenoxy) is 2. The van der Waals surface area contributed by atoms with Crippen molar-refractivity contribution >= 4 is 19.8 Å². The van der Waals surface area contributed by atoms with E-state index < -0.39 is 26.5 Å². The molecule has 2 unspecified atom stereocenters. The molecule has 0 amide bonds. The third-order valence-electron chi connectivity index (χ3n) is 12.9. The summed E-state index contributed by atoms with van der Waals surface area (Å²) in [5.74, 6) is -0.777. The van der Waals surface area contributed by atoms with Crippen molar-refractivity contribution < 1.29 is 42.1 Å². The molecule has 0 bridgehead atoms. The Morgan fingerprint density at radius 2 is 0.692 bits per heavy atom. The van der Waals surface area contributed by atoms with Crippen LogP contribution in [0.4, 0.5) is 0 Å². The van der Waals surface area contributed by atoms with Crippen LogP contribution in [-0.4, -0.2) is 74.9 Å². The first-order valence-electron chi connectivity index (χ1n) is 28.3. The Morgan fingerprint density at radius 3 is 0.985 bits per heavy atom. The van der Waals surface area contributed by atoms with Crippen molar-refractivity contribution in [2.24, 2.45) is 0 Å². The Hall–Kier alpha value is -0.990. The molecule has 0 aliphatic carbocycles. The zero-order valence-electron chi connectivity index (χ0n) is 44.0. The van der Waals surface area contributed by atoms with Crippen LogP contribution in [0.25, 0.3) is 0 Å². The van der Waals surface area contributed by atoms with Gasteiger partial charge in [0.05, 0.1) is 27.7 Å². The maximum absolute atomic E-state index is 12.8. The van der Waals surface area contributed by atoms with Crippen LogP contribution in [0.2, 0.25) is 0 Å². The van der Waals surface area contributed by atoms with Crippen LogP contribution in [0.3, 0.4) is 0 Å². The predicted octanol–water partition coefficient (Wildman–Crippen LogP) is 17.1. The van der Waals surface area contributed by atoms with E-state index in [1.165, 1.54) is 225 Å². The standard InChI is InChI=1S/C55H110NO8P/c1-6-8-10-12-14-16-18-20-21-22-23-24-25-26-27-28-29-30-31-32-33-34-36-38-40-42-44-46-48-55(58)64-53(52-63-65(59,60)62-50-49-56(3,4)5)51-61-54(57)47-45-43-41-39-37-35-19-17-15-13-11-9-7-2/h53H,6-52H2,1-5H3/p+1. The third-order valence-corrected chi connectivity index (χ3v) is 13.9. The van der Waals surface area contributed by atoms with Gasteiger partial charge in [-0.2, -0.15) is 0 Å². The second-order valence-electron chi connectivity index (χ2n) is 20.7. The van der Waals surface area contributed by atoms with E-state index in [-0.39, 0.29) is 25.6 Å². The topological polar surface area (TPSA) is 108 Å². The number of carbonyl (C=O) groups excluding carboxylic acids is 2. The van der Waals surface area contributed by atoms with Crippen molar-refractivity contribution in [3.8, 4) is 0 Å². The Labute approximate surface area is 404 Å². The highest BCUT2D eigenvalue weighted by molar-refractivity contribution is 7.47. The summed E-state index contributed by atoms with van der Waals surface area (Å²) < 4.78 is 34.5. The third kappa shape index (κ3) is 52.2. The molecule has 0 aliphatic heterocycles. The molecule has 65 heavy (non-hydrogen) atoms. The van der Waals surface area contributed by atoms with Gasteiger partial charge in [-0.25, -0.2) is 4.57 Å². The Morgan fingerprint density at radius 1 is 0.415 bits per heavy atom. The van der Waals surface area contributed by atoms with E-state index >= 15 is 0 Å². The molecular weight excluding hydrogens is 834 g/mol. The van der Waals surface area contributed by atoms with E-state index in [0.29, 0.717) is 17.4 Å². The molecule has 0 aromatic rings. The molecule has 0 aromatic carbocycles. The van der Waals surface area contributed by atoms with Gasteiger partial charge in [0.1, 0.15) is 19.8 Å². The van der Waals surface area contributed by atoms with E-state index in [4.69, 9.17) is 18.5 Å². The van der Waals surface area contributed by atoms with E-state index in [9.17, 15) is 19.0 Å². The van der Waals surface area contributed by atoms with Crippen molar-refractivity contribution in [2.45, 2.75) is 296 Å². The van der Waals surface area contributed by atoms with Crippen molar-refractivity contribution in [3.05, 3.63) is 0 Å². The number of phosphoric acid groups is 1. The molecule has 0 heterocycles. The van der Waals surface area contributed by atoms with E-state index in [1.54, 1.807) is 0 Å². The average Bonchev–Trinajstić information content (AvgIpc) is 3.26. The first-order valence-corrected chi connectivity index (χ1v) is 29.8. The summed E-state index contributed by atoms with van der Waals surface area (Å²) in [6.45, 7) is 4.49. The summed E-state index contributed by atoms with van der Waals surface area (Å²) in [6, 6.07) is 0. The van der Waals surface area contributed by atoms with Crippen LogP contribution >= 0.6 is 7.82 Å². The van der Waals surface area contributed by atoms with Crippen LogP contribution in [-0.2, 0) is 32.7 Å². The zero-order valence-corrected chi connectivity index (χ0v) is 44.9. The Bertz CT molecular complexity index is 1070. The normalized spacial score (nSPS) is 13.3. The van der Waals surface area contributed by atoms with Crippen molar-refractivity contribution in [3.63, 3.8) is 0 Å². The van der Waals surface area contributed by atoms with Gasteiger partial charge >= 0.3 is 19.8 Å². The fraction of sp³-hybridized carbons (Fsp3) is 0.964. The summed E-state index contributed by atoms with van der Waals surface area (Å²) in [4.78, 5) is 35.6. The predicted molar refractivity (Wildman–Crippen MR) is 275 cm³/mol. The first kappa shape index (κ1) is 64.0. The number of likely N-dealkylation sites (N-methyl/N-ethyl adjacent to an activating group) is 1. The van der Waals surface area contributed by atoms with Gasteiger partial charge in [-0.1, -0.05) is 264 Å². The average molecular weight is 945 g/mol. The lowest BCUT2D eigenvalue weighted by molar-refractivity contribution is -0.870. The Balaban J connectivity index is 4.03. The molecule has 0 aromatic heterocycles. The molecule has 0 radical (unpaired) electrons. The summed E-state index contributed by atoms with van der Waals surface area (Å²) in [7, 11) is 1.50. The molecule has 0 spiro atoms. The highest BCUT2D eigenvalue weighted by Crippen LogP contribution is 2.43. The summed E-state index contributed by atoms with van der Waals surface area (Å²) in [5, 5.41) is 0.